The van der Waals surface area contributed by atoms with Gasteiger partial charge in [-0.05, 0) is 52.9 Å². The Morgan fingerprint density at radius 2 is 1.61 bits per heavy atom. The van der Waals surface area contributed by atoms with Crippen LogP contribution in [0.5, 0.6) is 0 Å². The van der Waals surface area contributed by atoms with Crippen LogP contribution in [0.15, 0.2) is 72.8 Å². The normalized spacial score (nSPS) is 10.4. The molecule has 3 nitrogen and oxygen atoms in total. The van der Waals surface area contributed by atoms with Gasteiger partial charge in [0.2, 0.25) is 0 Å². The minimum atomic E-state index is -0.924. The molecule has 0 spiro atoms. The Bertz CT molecular complexity index is 841. The number of rotatable bonds is 4. The van der Waals surface area contributed by atoms with E-state index in [0.717, 1.165) is 28.8 Å². The zero-order valence-electron chi connectivity index (χ0n) is 12.6. The van der Waals surface area contributed by atoms with Crippen molar-refractivity contribution in [2.45, 2.75) is 6.42 Å². The number of anilines is 1. The van der Waals surface area contributed by atoms with E-state index in [9.17, 15) is 4.79 Å². The summed E-state index contributed by atoms with van der Waals surface area (Å²) >= 11 is 0. The molecule has 114 valence electrons. The molecule has 3 aromatic carbocycles. The van der Waals surface area contributed by atoms with Gasteiger partial charge >= 0.3 is 5.97 Å². The minimum absolute atomic E-state index is 0.281. The van der Waals surface area contributed by atoms with Gasteiger partial charge in [0.1, 0.15) is 0 Å². The zero-order chi connectivity index (χ0) is 16.2. The summed E-state index contributed by atoms with van der Waals surface area (Å²) in [6.45, 7) is 0. The van der Waals surface area contributed by atoms with Gasteiger partial charge in [-0.3, -0.25) is 0 Å². The van der Waals surface area contributed by atoms with Crippen LogP contribution in [-0.2, 0) is 6.42 Å². The quantitative estimate of drug-likeness (QED) is 0.709. The summed E-state index contributed by atoms with van der Waals surface area (Å²) < 4.78 is 0. The lowest BCUT2D eigenvalue weighted by molar-refractivity contribution is 0.0697. The van der Waals surface area contributed by atoms with E-state index in [1.165, 1.54) is 5.56 Å². The van der Waals surface area contributed by atoms with Crippen molar-refractivity contribution in [3.63, 3.8) is 0 Å². The topological polar surface area (TPSA) is 63.3 Å². The van der Waals surface area contributed by atoms with Crippen molar-refractivity contribution in [2.24, 2.45) is 0 Å². The average Bonchev–Trinajstić information content (AvgIpc) is 2.58. The number of benzene rings is 3. The molecule has 23 heavy (non-hydrogen) atoms. The molecule has 0 amide bonds. The molecule has 0 fully saturated rings. The first-order valence-electron chi connectivity index (χ1n) is 7.39. The summed E-state index contributed by atoms with van der Waals surface area (Å²) in [6.07, 6.45) is 0.749. The third-order valence-electron chi connectivity index (χ3n) is 3.82. The summed E-state index contributed by atoms with van der Waals surface area (Å²) in [5.74, 6) is -0.924. The van der Waals surface area contributed by atoms with Gasteiger partial charge in [-0.15, -0.1) is 0 Å². The molecule has 3 aromatic rings. The number of nitrogen functional groups attached to an aromatic ring is 1. The molecule has 0 atom stereocenters. The Labute approximate surface area is 135 Å². The van der Waals surface area contributed by atoms with Crippen LogP contribution >= 0.6 is 0 Å². The summed E-state index contributed by atoms with van der Waals surface area (Å²) in [4.78, 5) is 11.1. The maximum absolute atomic E-state index is 11.1. The molecule has 0 bridgehead atoms. The van der Waals surface area contributed by atoms with E-state index < -0.39 is 5.97 Å². The first-order valence-corrected chi connectivity index (χ1v) is 7.39. The van der Waals surface area contributed by atoms with E-state index in [1.807, 2.05) is 42.5 Å². The largest absolute Gasteiger partial charge is 0.478 e. The second-order valence-corrected chi connectivity index (χ2v) is 5.46. The molecule has 3 heteroatoms. The van der Waals surface area contributed by atoms with Crippen molar-refractivity contribution in [1.82, 2.24) is 0 Å². The number of carbonyl (C=O) groups is 1. The van der Waals surface area contributed by atoms with Crippen LogP contribution in [0.25, 0.3) is 11.1 Å². The lowest BCUT2D eigenvalue weighted by Crippen LogP contribution is -1.98. The number of carboxylic acids is 1. The number of aromatic carboxylic acids is 1. The van der Waals surface area contributed by atoms with Crippen molar-refractivity contribution >= 4 is 11.7 Å². The Hall–Kier alpha value is -3.07. The lowest BCUT2D eigenvalue weighted by atomic mass is 9.97. The fourth-order valence-electron chi connectivity index (χ4n) is 2.59. The third kappa shape index (κ3) is 3.40. The maximum Gasteiger partial charge on any atom is 0.335 e. The van der Waals surface area contributed by atoms with Crippen molar-refractivity contribution < 1.29 is 9.90 Å². The van der Waals surface area contributed by atoms with Crippen molar-refractivity contribution in [1.29, 1.82) is 0 Å². The van der Waals surface area contributed by atoms with E-state index >= 15 is 0 Å². The summed E-state index contributed by atoms with van der Waals surface area (Å²) in [5, 5.41) is 9.13. The van der Waals surface area contributed by atoms with Crippen LogP contribution in [0.4, 0.5) is 5.69 Å². The van der Waals surface area contributed by atoms with E-state index in [2.05, 4.69) is 12.1 Å². The highest BCUT2D eigenvalue weighted by Crippen LogP contribution is 2.26. The molecule has 3 rings (SSSR count). The summed E-state index contributed by atoms with van der Waals surface area (Å²) in [6, 6.07) is 22.9. The second kappa shape index (κ2) is 6.36. The van der Waals surface area contributed by atoms with Gasteiger partial charge < -0.3 is 10.8 Å². The molecular weight excluding hydrogens is 286 g/mol. The SMILES string of the molecule is Nc1ccc(-c2cccc(C(=O)O)c2)cc1Cc1ccccc1. The van der Waals surface area contributed by atoms with Crippen molar-refractivity contribution in [3.05, 3.63) is 89.5 Å². The molecule has 0 radical (unpaired) electrons. The fraction of sp³-hybridized carbons (Fsp3) is 0.0500. The monoisotopic (exact) mass is 303 g/mol. The molecule has 0 aromatic heterocycles. The lowest BCUT2D eigenvalue weighted by Gasteiger charge is -2.10. The standard InChI is InChI=1S/C20H17NO2/c21-19-10-9-16(15-7-4-8-17(12-15)20(22)23)13-18(19)11-14-5-2-1-3-6-14/h1-10,12-13H,11,21H2,(H,22,23). The highest BCUT2D eigenvalue weighted by Gasteiger charge is 2.07. The summed E-state index contributed by atoms with van der Waals surface area (Å²) in [7, 11) is 0. The van der Waals surface area contributed by atoms with E-state index in [1.54, 1.807) is 18.2 Å². The summed E-state index contributed by atoms with van der Waals surface area (Å²) in [5.41, 5.74) is 11.2. The Kier molecular flexibility index (Phi) is 4.11. The van der Waals surface area contributed by atoms with Gasteiger partial charge in [0, 0.05) is 5.69 Å². The molecule has 3 N–H and O–H groups in total. The van der Waals surface area contributed by atoms with Crippen molar-refractivity contribution in [2.75, 3.05) is 5.73 Å². The highest BCUT2D eigenvalue weighted by molar-refractivity contribution is 5.89. The molecular formula is C20H17NO2. The molecule has 0 aliphatic heterocycles. The number of nitrogens with two attached hydrogens (primary N) is 1. The predicted molar refractivity (Wildman–Crippen MR) is 92.5 cm³/mol. The first kappa shape index (κ1) is 14.9. The van der Waals surface area contributed by atoms with Crippen LogP contribution in [0, 0.1) is 0 Å². The van der Waals surface area contributed by atoms with Gasteiger partial charge in [0.05, 0.1) is 5.56 Å². The third-order valence-corrected chi connectivity index (χ3v) is 3.82. The molecule has 0 aliphatic carbocycles. The van der Waals surface area contributed by atoms with Crippen LogP contribution in [-0.4, -0.2) is 11.1 Å². The smallest absolute Gasteiger partial charge is 0.335 e. The average molecular weight is 303 g/mol. The molecule has 0 saturated heterocycles. The van der Waals surface area contributed by atoms with Crippen LogP contribution in [0.2, 0.25) is 0 Å². The fourth-order valence-corrected chi connectivity index (χ4v) is 2.59. The van der Waals surface area contributed by atoms with Gasteiger partial charge in [0.25, 0.3) is 0 Å². The minimum Gasteiger partial charge on any atom is -0.478 e. The van der Waals surface area contributed by atoms with E-state index in [0.29, 0.717) is 0 Å². The Morgan fingerprint density at radius 3 is 2.35 bits per heavy atom. The van der Waals surface area contributed by atoms with E-state index in [-0.39, 0.29) is 5.56 Å². The first-order chi connectivity index (χ1) is 11.1. The van der Waals surface area contributed by atoms with E-state index in [4.69, 9.17) is 10.8 Å². The van der Waals surface area contributed by atoms with Crippen LogP contribution in [0.1, 0.15) is 21.5 Å². The zero-order valence-corrected chi connectivity index (χ0v) is 12.6. The van der Waals surface area contributed by atoms with Crippen LogP contribution in [0.3, 0.4) is 0 Å². The highest BCUT2D eigenvalue weighted by atomic mass is 16.4. The number of hydrogen-bond donors (Lipinski definition) is 2. The molecule has 0 heterocycles. The van der Waals surface area contributed by atoms with Gasteiger partial charge in [-0.2, -0.15) is 0 Å². The Balaban J connectivity index is 1.97. The van der Waals surface area contributed by atoms with Gasteiger partial charge in [0.15, 0.2) is 0 Å². The van der Waals surface area contributed by atoms with Gasteiger partial charge in [-0.25, -0.2) is 4.79 Å². The molecule has 0 aliphatic rings. The van der Waals surface area contributed by atoms with Crippen LogP contribution < -0.4 is 5.73 Å². The molecule has 0 saturated carbocycles. The Morgan fingerprint density at radius 1 is 0.870 bits per heavy atom. The predicted octanol–water partition coefficient (Wildman–Crippen LogP) is 4.22. The second-order valence-electron chi connectivity index (χ2n) is 5.46. The number of carboxylic acid groups (broad SMARTS) is 1. The van der Waals surface area contributed by atoms with Gasteiger partial charge in [-0.1, -0.05) is 48.5 Å². The maximum atomic E-state index is 11.1. The number of hydrogen-bond acceptors (Lipinski definition) is 2. The van der Waals surface area contributed by atoms with Crippen molar-refractivity contribution in [3.8, 4) is 11.1 Å². The molecule has 0 unspecified atom stereocenters.